The van der Waals surface area contributed by atoms with Crippen molar-refractivity contribution in [2.45, 2.75) is 44.8 Å². The molecule has 2 aromatic carbocycles. The molecule has 1 fully saturated rings. The molecule has 1 aliphatic heterocycles. The molecule has 1 saturated heterocycles. The molecular formula is C23H24F5N3OS. The SMILES string of the molecule is CC(C)(C)c1ccc(CN2C(=O)N(c3ccccc3)CS/C2=N\CC(F)(F)C(F)(F)F)cc1. The van der Waals surface area contributed by atoms with Gasteiger partial charge in [-0.3, -0.25) is 14.8 Å². The molecule has 4 nitrogen and oxygen atoms in total. The molecular weight excluding hydrogens is 461 g/mol. The molecule has 2 amide bonds. The summed E-state index contributed by atoms with van der Waals surface area (Å²) in [6.45, 7) is 4.36. The number of amides is 2. The first-order valence-corrected chi connectivity index (χ1v) is 11.1. The van der Waals surface area contributed by atoms with E-state index < -0.39 is 24.7 Å². The highest BCUT2D eigenvalue weighted by Gasteiger charge is 2.57. The fraction of sp³-hybridized carbons (Fsp3) is 0.391. The maximum Gasteiger partial charge on any atom is 0.455 e. The number of alkyl halides is 5. The van der Waals surface area contributed by atoms with Gasteiger partial charge in [0.15, 0.2) is 5.17 Å². The van der Waals surface area contributed by atoms with Gasteiger partial charge in [0, 0.05) is 5.69 Å². The second kappa shape index (κ2) is 9.32. The zero-order valence-corrected chi connectivity index (χ0v) is 19.2. The first-order valence-electron chi connectivity index (χ1n) is 10.1. The van der Waals surface area contributed by atoms with Gasteiger partial charge in [0.1, 0.15) is 6.54 Å². The third-order valence-corrected chi connectivity index (χ3v) is 6.07. The number of benzene rings is 2. The van der Waals surface area contributed by atoms with Gasteiger partial charge in [0.25, 0.3) is 0 Å². The monoisotopic (exact) mass is 485 g/mol. The summed E-state index contributed by atoms with van der Waals surface area (Å²) in [5.41, 5.74) is 2.26. The molecule has 1 aliphatic rings. The van der Waals surface area contributed by atoms with Crippen molar-refractivity contribution in [3.63, 3.8) is 0 Å². The van der Waals surface area contributed by atoms with E-state index in [1.165, 1.54) is 4.90 Å². The zero-order chi connectivity index (χ0) is 24.4. The first-order chi connectivity index (χ1) is 15.3. The second-order valence-corrected chi connectivity index (χ2v) is 9.57. The minimum absolute atomic E-state index is 0.0178. The van der Waals surface area contributed by atoms with Crippen LogP contribution in [0, 0.1) is 0 Å². The second-order valence-electron chi connectivity index (χ2n) is 8.65. The van der Waals surface area contributed by atoms with Crippen LogP contribution in [0.5, 0.6) is 0 Å². The lowest BCUT2D eigenvalue weighted by Gasteiger charge is -2.36. The van der Waals surface area contributed by atoms with Crippen molar-refractivity contribution in [1.82, 2.24) is 4.90 Å². The number of hydrogen-bond donors (Lipinski definition) is 0. The standard InChI is InChI=1S/C23H24F5N3OS/c1-21(2,3)17-11-9-16(10-12-17)13-30-19(29-14-22(24,25)23(26,27)28)33-15-31(20(30)32)18-7-5-4-6-8-18/h4-12H,13-15H2,1-3H3/b29-19-. The minimum atomic E-state index is -5.72. The molecule has 1 heterocycles. The highest BCUT2D eigenvalue weighted by Crippen LogP contribution is 2.36. The summed E-state index contributed by atoms with van der Waals surface area (Å²) in [5.74, 6) is -4.95. The van der Waals surface area contributed by atoms with Crippen LogP contribution in [0.25, 0.3) is 0 Å². The van der Waals surface area contributed by atoms with Crippen molar-refractivity contribution in [3.8, 4) is 0 Å². The van der Waals surface area contributed by atoms with E-state index in [1.807, 2.05) is 24.3 Å². The smallest absolute Gasteiger partial charge is 0.284 e. The Bertz CT molecular complexity index is 1000. The van der Waals surface area contributed by atoms with Crippen LogP contribution < -0.4 is 4.90 Å². The minimum Gasteiger partial charge on any atom is -0.284 e. The van der Waals surface area contributed by atoms with Gasteiger partial charge >= 0.3 is 18.1 Å². The lowest BCUT2D eigenvalue weighted by atomic mass is 9.87. The Morgan fingerprint density at radius 1 is 0.939 bits per heavy atom. The lowest BCUT2D eigenvalue weighted by Crippen LogP contribution is -2.50. The highest BCUT2D eigenvalue weighted by atomic mass is 32.2. The largest absolute Gasteiger partial charge is 0.455 e. The lowest BCUT2D eigenvalue weighted by molar-refractivity contribution is -0.276. The van der Waals surface area contributed by atoms with E-state index in [0.717, 1.165) is 22.2 Å². The Kier molecular flexibility index (Phi) is 7.07. The summed E-state index contributed by atoms with van der Waals surface area (Å²) in [4.78, 5) is 19.3. The maximum atomic E-state index is 13.5. The van der Waals surface area contributed by atoms with Gasteiger partial charge in [-0.15, -0.1) is 0 Å². The van der Waals surface area contributed by atoms with Crippen molar-refractivity contribution in [2.75, 3.05) is 17.3 Å². The summed E-state index contributed by atoms with van der Waals surface area (Å²) in [7, 11) is 0. The van der Waals surface area contributed by atoms with Crippen LogP contribution in [0.4, 0.5) is 32.4 Å². The number of aliphatic imine (C=N–C) groups is 1. The van der Waals surface area contributed by atoms with E-state index in [4.69, 9.17) is 0 Å². The number of hydrogen-bond acceptors (Lipinski definition) is 3. The number of para-hydroxylation sites is 1. The number of rotatable bonds is 5. The zero-order valence-electron chi connectivity index (χ0n) is 18.4. The predicted octanol–water partition coefficient (Wildman–Crippen LogP) is 6.67. The van der Waals surface area contributed by atoms with Crippen molar-refractivity contribution >= 4 is 28.6 Å². The molecule has 10 heteroatoms. The summed E-state index contributed by atoms with van der Waals surface area (Å²) in [6, 6.07) is 15.6. The summed E-state index contributed by atoms with van der Waals surface area (Å²) < 4.78 is 64.8. The average molecular weight is 486 g/mol. The molecule has 0 spiro atoms. The van der Waals surface area contributed by atoms with E-state index in [2.05, 4.69) is 25.8 Å². The molecule has 33 heavy (non-hydrogen) atoms. The number of thioether (sulfide) groups is 1. The van der Waals surface area contributed by atoms with Gasteiger partial charge in [0.05, 0.1) is 12.4 Å². The molecule has 0 aromatic heterocycles. The maximum absolute atomic E-state index is 13.5. The molecule has 0 aliphatic carbocycles. The summed E-state index contributed by atoms with van der Waals surface area (Å²) >= 11 is 0.936. The normalized spacial score (nSPS) is 17.1. The van der Waals surface area contributed by atoms with E-state index in [1.54, 1.807) is 30.3 Å². The fourth-order valence-corrected chi connectivity index (χ4v) is 4.05. The highest BCUT2D eigenvalue weighted by molar-refractivity contribution is 8.14. The van der Waals surface area contributed by atoms with Gasteiger partial charge in [-0.05, 0) is 28.7 Å². The number of carbonyl (C=O) groups is 1. The predicted molar refractivity (Wildman–Crippen MR) is 121 cm³/mol. The molecule has 0 radical (unpaired) electrons. The third-order valence-electron chi connectivity index (χ3n) is 5.07. The Morgan fingerprint density at radius 3 is 2.09 bits per heavy atom. The Morgan fingerprint density at radius 2 is 1.55 bits per heavy atom. The molecule has 0 bridgehead atoms. The number of amidine groups is 1. The van der Waals surface area contributed by atoms with Crippen LogP contribution in [0.15, 0.2) is 59.6 Å². The number of carbonyl (C=O) groups excluding carboxylic acids is 1. The van der Waals surface area contributed by atoms with E-state index in [9.17, 15) is 26.7 Å². The number of halogens is 5. The van der Waals surface area contributed by atoms with Gasteiger partial charge in [0.2, 0.25) is 0 Å². The fourth-order valence-electron chi connectivity index (χ4n) is 3.09. The van der Waals surface area contributed by atoms with Crippen LogP contribution in [-0.4, -0.2) is 40.6 Å². The molecule has 0 N–H and O–H groups in total. The third kappa shape index (κ3) is 5.85. The molecule has 3 rings (SSSR count). The van der Waals surface area contributed by atoms with Gasteiger partial charge < -0.3 is 0 Å². The van der Waals surface area contributed by atoms with Crippen LogP contribution in [0.1, 0.15) is 31.9 Å². The number of anilines is 1. The molecule has 0 atom stereocenters. The molecule has 2 aromatic rings. The topological polar surface area (TPSA) is 35.9 Å². The van der Waals surface area contributed by atoms with Crippen molar-refractivity contribution in [1.29, 1.82) is 0 Å². The number of urea groups is 1. The summed E-state index contributed by atoms with van der Waals surface area (Å²) in [6.07, 6.45) is -5.72. The van der Waals surface area contributed by atoms with E-state index >= 15 is 0 Å². The van der Waals surface area contributed by atoms with Crippen molar-refractivity contribution in [2.24, 2.45) is 4.99 Å². The Hall–Kier alpha value is -2.62. The molecule has 178 valence electrons. The summed E-state index contributed by atoms with van der Waals surface area (Å²) in [5, 5.41) is -0.170. The van der Waals surface area contributed by atoms with Crippen molar-refractivity contribution in [3.05, 3.63) is 65.7 Å². The van der Waals surface area contributed by atoms with E-state index in [-0.39, 0.29) is 23.0 Å². The quantitative estimate of drug-likeness (QED) is 0.444. The Balaban J connectivity index is 1.90. The van der Waals surface area contributed by atoms with Crippen LogP contribution in [0.3, 0.4) is 0 Å². The first kappa shape index (κ1) is 25.0. The number of nitrogens with zero attached hydrogens (tertiary/aromatic N) is 3. The van der Waals surface area contributed by atoms with Gasteiger partial charge in [-0.1, -0.05) is 75.0 Å². The molecule has 0 unspecified atom stereocenters. The van der Waals surface area contributed by atoms with Crippen molar-refractivity contribution < 1.29 is 26.7 Å². The average Bonchev–Trinajstić information content (AvgIpc) is 2.74. The van der Waals surface area contributed by atoms with Crippen LogP contribution in [0.2, 0.25) is 0 Å². The van der Waals surface area contributed by atoms with E-state index in [0.29, 0.717) is 11.3 Å². The van der Waals surface area contributed by atoms with Crippen LogP contribution in [-0.2, 0) is 12.0 Å². The van der Waals surface area contributed by atoms with Gasteiger partial charge in [-0.25, -0.2) is 4.79 Å². The van der Waals surface area contributed by atoms with Gasteiger partial charge in [-0.2, -0.15) is 22.0 Å². The van der Waals surface area contributed by atoms with Crippen LogP contribution >= 0.6 is 11.8 Å². The Labute approximate surface area is 193 Å². The molecule has 0 saturated carbocycles.